The van der Waals surface area contributed by atoms with Crippen LogP contribution in [0.2, 0.25) is 5.02 Å². The molecule has 0 aliphatic carbocycles. The molecule has 5 nitrogen and oxygen atoms in total. The lowest BCUT2D eigenvalue weighted by Gasteiger charge is -2.09. The van der Waals surface area contributed by atoms with Crippen LogP contribution in [0.5, 0.6) is 0 Å². The van der Waals surface area contributed by atoms with Crippen molar-refractivity contribution in [2.45, 2.75) is 11.8 Å². The van der Waals surface area contributed by atoms with Crippen LogP contribution in [-0.2, 0) is 10.0 Å². The molecule has 0 unspecified atom stereocenters. The highest BCUT2D eigenvalue weighted by Gasteiger charge is 2.14. The molecule has 3 aromatic rings. The van der Waals surface area contributed by atoms with E-state index in [2.05, 4.69) is 15.0 Å². The summed E-state index contributed by atoms with van der Waals surface area (Å²) in [6, 6.07) is 17.2. The first-order chi connectivity index (χ1) is 11.9. The highest BCUT2D eigenvalue weighted by atomic mass is 35.5. The number of sulfonamides is 1. The predicted molar refractivity (Wildman–Crippen MR) is 101 cm³/mol. The minimum absolute atomic E-state index is 0.197. The van der Waals surface area contributed by atoms with Gasteiger partial charge in [-0.2, -0.15) is 0 Å². The SMILES string of the molecule is Cc1ccc(S(=O)(=O)Nc2ccc(Nc3ccc(Cl)cc3)cn2)cc1. The van der Waals surface area contributed by atoms with Gasteiger partial charge in [-0.1, -0.05) is 29.3 Å². The molecule has 0 spiro atoms. The van der Waals surface area contributed by atoms with Crippen LogP contribution in [-0.4, -0.2) is 13.4 Å². The third-order valence-corrected chi connectivity index (χ3v) is 5.09. The fourth-order valence-corrected chi connectivity index (χ4v) is 3.28. The van der Waals surface area contributed by atoms with Crippen LogP contribution < -0.4 is 10.0 Å². The molecule has 0 atom stereocenters. The second kappa shape index (κ2) is 7.13. The van der Waals surface area contributed by atoms with E-state index < -0.39 is 10.0 Å². The fourth-order valence-electron chi connectivity index (χ4n) is 2.14. The molecule has 0 fully saturated rings. The third kappa shape index (κ3) is 4.49. The summed E-state index contributed by atoms with van der Waals surface area (Å²) in [5, 5.41) is 3.82. The predicted octanol–water partition coefficient (Wildman–Crippen LogP) is 4.59. The molecule has 0 saturated heterocycles. The van der Waals surface area contributed by atoms with Crippen LogP contribution in [0.1, 0.15) is 5.56 Å². The first-order valence-corrected chi connectivity index (χ1v) is 9.37. The maximum Gasteiger partial charge on any atom is 0.263 e. The number of aromatic nitrogens is 1. The van der Waals surface area contributed by atoms with E-state index in [1.165, 1.54) is 0 Å². The second-order valence-corrected chi connectivity index (χ2v) is 7.60. The van der Waals surface area contributed by atoms with Crippen molar-refractivity contribution in [3.05, 3.63) is 77.4 Å². The van der Waals surface area contributed by atoms with E-state index in [9.17, 15) is 8.42 Å². The van der Waals surface area contributed by atoms with Gasteiger partial charge in [0.15, 0.2) is 0 Å². The van der Waals surface area contributed by atoms with Crippen LogP contribution in [0.15, 0.2) is 71.8 Å². The number of anilines is 3. The Kier molecular flexibility index (Phi) is 4.92. The fraction of sp³-hybridized carbons (Fsp3) is 0.0556. The van der Waals surface area contributed by atoms with Crippen molar-refractivity contribution in [2.75, 3.05) is 10.0 Å². The Hall–Kier alpha value is -2.57. The Morgan fingerprint density at radius 2 is 1.52 bits per heavy atom. The van der Waals surface area contributed by atoms with Crippen molar-refractivity contribution in [1.82, 2.24) is 4.98 Å². The Balaban J connectivity index is 1.71. The Labute approximate surface area is 151 Å². The van der Waals surface area contributed by atoms with Gasteiger partial charge >= 0.3 is 0 Å². The van der Waals surface area contributed by atoms with Crippen LogP contribution in [0.4, 0.5) is 17.2 Å². The topological polar surface area (TPSA) is 71.1 Å². The number of rotatable bonds is 5. The largest absolute Gasteiger partial charge is 0.354 e. The lowest BCUT2D eigenvalue weighted by atomic mass is 10.2. The molecule has 0 radical (unpaired) electrons. The van der Waals surface area contributed by atoms with Gasteiger partial charge < -0.3 is 5.32 Å². The summed E-state index contributed by atoms with van der Waals surface area (Å²) >= 11 is 5.85. The van der Waals surface area contributed by atoms with E-state index in [0.717, 1.165) is 16.9 Å². The highest BCUT2D eigenvalue weighted by Crippen LogP contribution is 2.20. The van der Waals surface area contributed by atoms with E-state index in [1.807, 2.05) is 19.1 Å². The maximum atomic E-state index is 12.3. The van der Waals surface area contributed by atoms with Gasteiger partial charge in [-0.15, -0.1) is 0 Å². The number of nitrogens with one attached hydrogen (secondary N) is 2. The average Bonchev–Trinajstić information content (AvgIpc) is 2.59. The molecule has 0 bridgehead atoms. The molecule has 0 amide bonds. The molecule has 2 N–H and O–H groups in total. The minimum atomic E-state index is -3.65. The number of benzene rings is 2. The lowest BCUT2D eigenvalue weighted by Crippen LogP contribution is -2.13. The quantitative estimate of drug-likeness (QED) is 0.686. The van der Waals surface area contributed by atoms with Gasteiger partial charge in [-0.05, 0) is 55.5 Å². The Bertz CT molecular complexity index is 955. The van der Waals surface area contributed by atoms with Crippen LogP contribution >= 0.6 is 11.6 Å². The summed E-state index contributed by atoms with van der Waals surface area (Å²) in [5.74, 6) is 0.252. The average molecular weight is 374 g/mol. The summed E-state index contributed by atoms with van der Waals surface area (Å²) in [6.45, 7) is 1.90. The van der Waals surface area contributed by atoms with Crippen molar-refractivity contribution < 1.29 is 8.42 Å². The zero-order chi connectivity index (χ0) is 17.9. The molecule has 0 aliphatic heterocycles. The summed E-state index contributed by atoms with van der Waals surface area (Å²) in [6.07, 6.45) is 1.56. The van der Waals surface area contributed by atoms with Crippen molar-refractivity contribution in [2.24, 2.45) is 0 Å². The van der Waals surface area contributed by atoms with E-state index >= 15 is 0 Å². The molecular weight excluding hydrogens is 358 g/mol. The first-order valence-electron chi connectivity index (χ1n) is 7.50. The second-order valence-electron chi connectivity index (χ2n) is 5.48. The van der Waals surface area contributed by atoms with Gasteiger partial charge in [0, 0.05) is 10.7 Å². The van der Waals surface area contributed by atoms with Gasteiger partial charge in [0.2, 0.25) is 0 Å². The molecule has 2 aromatic carbocycles. The molecule has 0 saturated carbocycles. The first kappa shape index (κ1) is 17.3. The summed E-state index contributed by atoms with van der Waals surface area (Å²) < 4.78 is 27.2. The zero-order valence-corrected chi connectivity index (χ0v) is 15.0. The zero-order valence-electron chi connectivity index (χ0n) is 13.4. The van der Waals surface area contributed by atoms with Crippen LogP contribution in [0, 0.1) is 6.92 Å². The van der Waals surface area contributed by atoms with Crippen molar-refractivity contribution >= 4 is 38.8 Å². The third-order valence-electron chi connectivity index (χ3n) is 3.47. The summed E-state index contributed by atoms with van der Waals surface area (Å²) in [4.78, 5) is 4.34. The number of nitrogens with zero attached hydrogens (tertiary/aromatic N) is 1. The minimum Gasteiger partial charge on any atom is -0.354 e. The van der Waals surface area contributed by atoms with E-state index in [-0.39, 0.29) is 10.7 Å². The van der Waals surface area contributed by atoms with Gasteiger partial charge in [0.1, 0.15) is 5.82 Å². The summed E-state index contributed by atoms with van der Waals surface area (Å²) in [5.41, 5.74) is 2.59. The van der Waals surface area contributed by atoms with E-state index in [4.69, 9.17) is 11.6 Å². The van der Waals surface area contributed by atoms with E-state index in [1.54, 1.807) is 54.7 Å². The lowest BCUT2D eigenvalue weighted by molar-refractivity contribution is 0.601. The van der Waals surface area contributed by atoms with Gasteiger partial charge in [-0.25, -0.2) is 13.4 Å². The number of hydrogen-bond acceptors (Lipinski definition) is 4. The van der Waals surface area contributed by atoms with Crippen molar-refractivity contribution in [1.29, 1.82) is 0 Å². The smallest absolute Gasteiger partial charge is 0.263 e. The van der Waals surface area contributed by atoms with Gasteiger partial charge in [0.25, 0.3) is 10.0 Å². The molecule has 25 heavy (non-hydrogen) atoms. The van der Waals surface area contributed by atoms with Crippen LogP contribution in [0.25, 0.3) is 0 Å². The standard InChI is InChI=1S/C18H16ClN3O2S/c1-13-2-9-17(10-3-13)25(23,24)22-18-11-8-16(12-20-18)21-15-6-4-14(19)5-7-15/h2-12,21H,1H3,(H,20,22). The number of halogens is 1. The molecule has 7 heteroatoms. The molecule has 3 rings (SSSR count). The summed E-state index contributed by atoms with van der Waals surface area (Å²) in [7, 11) is -3.65. The Morgan fingerprint density at radius 3 is 2.12 bits per heavy atom. The monoisotopic (exact) mass is 373 g/mol. The molecule has 1 heterocycles. The highest BCUT2D eigenvalue weighted by molar-refractivity contribution is 7.92. The number of pyridine rings is 1. The van der Waals surface area contributed by atoms with Crippen molar-refractivity contribution in [3.63, 3.8) is 0 Å². The van der Waals surface area contributed by atoms with Crippen molar-refractivity contribution in [3.8, 4) is 0 Å². The molecule has 0 aliphatic rings. The number of aryl methyl sites for hydroxylation is 1. The number of hydrogen-bond donors (Lipinski definition) is 2. The maximum absolute atomic E-state index is 12.3. The molecule has 1 aromatic heterocycles. The van der Waals surface area contributed by atoms with E-state index in [0.29, 0.717) is 5.02 Å². The normalized spacial score (nSPS) is 11.1. The molecule has 128 valence electrons. The Morgan fingerprint density at radius 1 is 0.880 bits per heavy atom. The van der Waals surface area contributed by atoms with Crippen LogP contribution in [0.3, 0.4) is 0 Å². The van der Waals surface area contributed by atoms with Gasteiger partial charge in [0.05, 0.1) is 16.8 Å². The molecular formula is C18H16ClN3O2S. The van der Waals surface area contributed by atoms with Gasteiger partial charge in [-0.3, -0.25) is 4.72 Å².